The maximum Gasteiger partial charge on any atom is 0.308 e. The molecule has 1 fully saturated rings. The van der Waals surface area contributed by atoms with E-state index in [0.29, 0.717) is 29.7 Å². The first kappa shape index (κ1) is 18.8. The lowest BCUT2D eigenvalue weighted by molar-refractivity contribution is -0.142. The number of hydrogen-bond acceptors (Lipinski definition) is 3. The summed E-state index contributed by atoms with van der Waals surface area (Å²) in [5.74, 6) is -1.96. The van der Waals surface area contributed by atoms with E-state index in [2.05, 4.69) is 0 Å². The van der Waals surface area contributed by atoms with E-state index in [-0.39, 0.29) is 11.7 Å². The largest absolute Gasteiger partial charge is 0.481 e. The maximum atomic E-state index is 13.1. The number of ketones is 1. The van der Waals surface area contributed by atoms with Crippen LogP contribution < -0.4 is 0 Å². The Morgan fingerprint density at radius 1 is 1.00 bits per heavy atom. The molecule has 0 radical (unpaired) electrons. The Morgan fingerprint density at radius 2 is 1.67 bits per heavy atom. The standard InChI is InChI=1S/C22H23NO4/c1-13-8-9-16(12-14(13)2)20(24)18-6-4-5-7-19(18)21(25)23-11-10-17(15(23)3)22(26)27/h4-9,12,15,17H,10-11H2,1-3H3,(H,26,27). The van der Waals surface area contributed by atoms with Gasteiger partial charge in [-0.3, -0.25) is 14.4 Å². The summed E-state index contributed by atoms with van der Waals surface area (Å²) in [5.41, 5.74) is 3.32. The Hall–Kier alpha value is -2.95. The molecule has 0 aromatic heterocycles. The van der Waals surface area contributed by atoms with Gasteiger partial charge in [-0.2, -0.15) is 0 Å². The Balaban J connectivity index is 1.94. The molecule has 0 bridgehead atoms. The Kier molecular flexibility index (Phi) is 5.13. The van der Waals surface area contributed by atoms with Gasteiger partial charge in [-0.1, -0.05) is 30.3 Å². The molecule has 3 rings (SSSR count). The van der Waals surface area contributed by atoms with E-state index in [9.17, 15) is 19.5 Å². The van der Waals surface area contributed by atoms with E-state index < -0.39 is 17.9 Å². The molecule has 140 valence electrons. The zero-order chi connectivity index (χ0) is 19.7. The molecule has 1 N–H and O–H groups in total. The van der Waals surface area contributed by atoms with Crippen molar-refractivity contribution in [2.45, 2.75) is 33.2 Å². The van der Waals surface area contributed by atoms with Crippen molar-refractivity contribution in [1.82, 2.24) is 4.90 Å². The highest BCUT2D eigenvalue weighted by atomic mass is 16.4. The van der Waals surface area contributed by atoms with Gasteiger partial charge in [0.05, 0.1) is 11.5 Å². The molecule has 1 heterocycles. The summed E-state index contributed by atoms with van der Waals surface area (Å²) in [7, 11) is 0. The highest BCUT2D eigenvalue weighted by molar-refractivity contribution is 6.15. The van der Waals surface area contributed by atoms with E-state index in [0.717, 1.165) is 11.1 Å². The van der Waals surface area contributed by atoms with Crippen LogP contribution in [0.4, 0.5) is 0 Å². The van der Waals surface area contributed by atoms with Gasteiger partial charge in [0.1, 0.15) is 0 Å². The van der Waals surface area contributed by atoms with Crippen molar-refractivity contribution in [2.24, 2.45) is 5.92 Å². The number of likely N-dealkylation sites (tertiary alicyclic amines) is 1. The van der Waals surface area contributed by atoms with Gasteiger partial charge in [-0.15, -0.1) is 0 Å². The SMILES string of the molecule is Cc1ccc(C(=O)c2ccccc2C(=O)N2CCC(C(=O)O)C2C)cc1C. The van der Waals surface area contributed by atoms with Crippen molar-refractivity contribution in [3.8, 4) is 0 Å². The number of carbonyl (C=O) groups is 3. The van der Waals surface area contributed by atoms with Crippen molar-refractivity contribution in [1.29, 1.82) is 0 Å². The second-order valence-electron chi connectivity index (χ2n) is 7.15. The van der Waals surface area contributed by atoms with Crippen molar-refractivity contribution in [3.63, 3.8) is 0 Å². The van der Waals surface area contributed by atoms with Crippen LogP contribution in [0.25, 0.3) is 0 Å². The number of hydrogen-bond donors (Lipinski definition) is 1. The van der Waals surface area contributed by atoms with Gasteiger partial charge < -0.3 is 10.0 Å². The van der Waals surface area contributed by atoms with Gasteiger partial charge >= 0.3 is 5.97 Å². The predicted molar refractivity (Wildman–Crippen MR) is 102 cm³/mol. The van der Waals surface area contributed by atoms with Crippen molar-refractivity contribution < 1.29 is 19.5 Å². The van der Waals surface area contributed by atoms with Crippen LogP contribution in [0, 0.1) is 19.8 Å². The summed E-state index contributed by atoms with van der Waals surface area (Å²) in [4.78, 5) is 39.0. The van der Waals surface area contributed by atoms with E-state index in [1.165, 1.54) is 0 Å². The minimum atomic E-state index is -0.891. The number of aryl methyl sites for hydroxylation is 2. The third-order valence-electron chi connectivity index (χ3n) is 5.50. The molecule has 2 aromatic carbocycles. The average Bonchev–Trinajstić information content (AvgIpc) is 3.04. The molecule has 0 saturated carbocycles. The first-order chi connectivity index (χ1) is 12.8. The minimum absolute atomic E-state index is 0.205. The zero-order valence-corrected chi connectivity index (χ0v) is 15.7. The van der Waals surface area contributed by atoms with Crippen LogP contribution in [0.15, 0.2) is 42.5 Å². The molecule has 0 spiro atoms. The molecular weight excluding hydrogens is 342 g/mol. The van der Waals surface area contributed by atoms with Gasteiger partial charge in [0.15, 0.2) is 5.78 Å². The summed E-state index contributed by atoms with van der Waals surface area (Å²) in [6.07, 6.45) is 0.426. The summed E-state index contributed by atoms with van der Waals surface area (Å²) >= 11 is 0. The molecule has 5 heteroatoms. The van der Waals surface area contributed by atoms with Crippen LogP contribution in [0.5, 0.6) is 0 Å². The fourth-order valence-corrected chi connectivity index (χ4v) is 3.62. The number of benzene rings is 2. The number of nitrogens with zero attached hydrogens (tertiary/aromatic N) is 1. The summed E-state index contributed by atoms with van der Waals surface area (Å²) < 4.78 is 0. The average molecular weight is 365 g/mol. The van der Waals surface area contributed by atoms with Crippen LogP contribution in [-0.4, -0.2) is 40.3 Å². The number of amides is 1. The zero-order valence-electron chi connectivity index (χ0n) is 15.7. The van der Waals surface area contributed by atoms with E-state index >= 15 is 0 Å². The second kappa shape index (κ2) is 7.35. The molecule has 2 atom stereocenters. The van der Waals surface area contributed by atoms with Crippen LogP contribution in [0.1, 0.15) is 50.8 Å². The molecule has 1 aliphatic heterocycles. The summed E-state index contributed by atoms with van der Waals surface area (Å²) in [6.45, 7) is 6.05. The first-order valence-corrected chi connectivity index (χ1v) is 9.06. The highest BCUT2D eigenvalue weighted by Crippen LogP contribution is 2.27. The van der Waals surface area contributed by atoms with E-state index in [4.69, 9.17) is 0 Å². The highest BCUT2D eigenvalue weighted by Gasteiger charge is 2.39. The molecule has 1 saturated heterocycles. The Morgan fingerprint density at radius 3 is 2.26 bits per heavy atom. The van der Waals surface area contributed by atoms with Crippen LogP contribution in [-0.2, 0) is 4.79 Å². The summed E-state index contributed by atoms with van der Waals surface area (Å²) in [5, 5.41) is 9.30. The van der Waals surface area contributed by atoms with Gasteiger partial charge in [0, 0.05) is 23.7 Å². The number of carboxylic acids is 1. The van der Waals surface area contributed by atoms with Gasteiger partial charge in [-0.05, 0) is 50.5 Å². The Bertz CT molecular complexity index is 918. The van der Waals surface area contributed by atoms with Crippen LogP contribution in [0.3, 0.4) is 0 Å². The lowest BCUT2D eigenvalue weighted by atomic mass is 9.95. The minimum Gasteiger partial charge on any atom is -0.481 e. The molecule has 0 aliphatic carbocycles. The normalized spacial score (nSPS) is 19.1. The van der Waals surface area contributed by atoms with Crippen molar-refractivity contribution in [3.05, 3.63) is 70.3 Å². The molecule has 27 heavy (non-hydrogen) atoms. The number of rotatable bonds is 4. The topological polar surface area (TPSA) is 74.7 Å². The molecular formula is C22H23NO4. The maximum absolute atomic E-state index is 13.1. The van der Waals surface area contributed by atoms with Gasteiger partial charge in [0.2, 0.25) is 0 Å². The fraction of sp³-hybridized carbons (Fsp3) is 0.318. The molecule has 5 nitrogen and oxygen atoms in total. The smallest absolute Gasteiger partial charge is 0.308 e. The predicted octanol–water partition coefficient (Wildman–Crippen LogP) is 3.47. The van der Waals surface area contributed by atoms with Crippen LogP contribution >= 0.6 is 0 Å². The quantitative estimate of drug-likeness (QED) is 0.842. The van der Waals surface area contributed by atoms with E-state index in [1.54, 1.807) is 42.2 Å². The third-order valence-corrected chi connectivity index (χ3v) is 5.50. The second-order valence-corrected chi connectivity index (χ2v) is 7.15. The van der Waals surface area contributed by atoms with Crippen molar-refractivity contribution in [2.75, 3.05) is 6.54 Å². The lowest BCUT2D eigenvalue weighted by Crippen LogP contribution is -2.38. The number of carbonyl (C=O) groups excluding carboxylic acids is 2. The fourth-order valence-electron chi connectivity index (χ4n) is 3.62. The van der Waals surface area contributed by atoms with Gasteiger partial charge in [-0.25, -0.2) is 0 Å². The van der Waals surface area contributed by atoms with E-state index in [1.807, 2.05) is 26.0 Å². The number of carboxylic acid groups (broad SMARTS) is 1. The third kappa shape index (κ3) is 3.50. The molecule has 2 unspecified atom stereocenters. The molecule has 1 amide bonds. The summed E-state index contributed by atoms with van der Waals surface area (Å²) in [6, 6.07) is 11.8. The molecule has 2 aromatic rings. The lowest BCUT2D eigenvalue weighted by Gasteiger charge is -2.24. The molecule has 1 aliphatic rings. The number of aliphatic carboxylic acids is 1. The van der Waals surface area contributed by atoms with Gasteiger partial charge in [0.25, 0.3) is 5.91 Å². The monoisotopic (exact) mass is 365 g/mol. The van der Waals surface area contributed by atoms with Crippen LogP contribution in [0.2, 0.25) is 0 Å². The van der Waals surface area contributed by atoms with Crippen molar-refractivity contribution >= 4 is 17.7 Å². The Labute approximate surface area is 158 Å². The first-order valence-electron chi connectivity index (χ1n) is 9.06.